The number of fused-ring (bicyclic) bond motifs is 1. The molecule has 0 radical (unpaired) electrons. The number of rotatable bonds is 6. The highest BCUT2D eigenvalue weighted by molar-refractivity contribution is 6.31. The fourth-order valence-corrected chi connectivity index (χ4v) is 2.94. The molecule has 2 N–H and O–H groups in total. The molecular formula is C19H20ClNO2. The summed E-state index contributed by atoms with van der Waals surface area (Å²) in [6.07, 6.45) is 2.09. The molecule has 2 aromatic carbocycles. The van der Waals surface area contributed by atoms with Gasteiger partial charge in [-0.15, -0.1) is 0 Å². The van der Waals surface area contributed by atoms with Crippen LogP contribution < -0.4 is 5.32 Å². The average molecular weight is 330 g/mol. The molecule has 4 heteroatoms. The lowest BCUT2D eigenvalue weighted by atomic mass is 10.1. The van der Waals surface area contributed by atoms with Crippen molar-refractivity contribution in [2.45, 2.75) is 32.9 Å². The number of hydrogen-bond donors (Lipinski definition) is 2. The number of hydrogen-bond acceptors (Lipinski definition) is 3. The van der Waals surface area contributed by atoms with Crippen LogP contribution in [0.4, 0.5) is 5.69 Å². The molecule has 3 rings (SSSR count). The van der Waals surface area contributed by atoms with Crippen molar-refractivity contribution in [2.75, 3.05) is 5.32 Å². The van der Waals surface area contributed by atoms with Crippen molar-refractivity contribution in [3.05, 3.63) is 64.4 Å². The van der Waals surface area contributed by atoms with Gasteiger partial charge in [-0.2, -0.15) is 0 Å². The van der Waals surface area contributed by atoms with E-state index in [1.54, 1.807) is 0 Å². The molecule has 1 aromatic heterocycles. The fraction of sp³-hybridized carbons (Fsp3) is 0.263. The maximum atomic E-state index is 9.13. The van der Waals surface area contributed by atoms with E-state index in [2.05, 4.69) is 30.4 Å². The molecule has 0 aliphatic heterocycles. The Kier molecular flexibility index (Phi) is 4.89. The number of halogens is 1. The zero-order valence-corrected chi connectivity index (χ0v) is 13.9. The van der Waals surface area contributed by atoms with Crippen LogP contribution in [0, 0.1) is 0 Å². The van der Waals surface area contributed by atoms with E-state index in [1.807, 2.05) is 24.3 Å². The van der Waals surface area contributed by atoms with Gasteiger partial charge in [0.15, 0.2) is 0 Å². The summed E-state index contributed by atoms with van der Waals surface area (Å²) in [5.74, 6) is 0.586. The zero-order chi connectivity index (χ0) is 16.2. The second-order valence-corrected chi connectivity index (χ2v) is 6.06. The van der Waals surface area contributed by atoms with E-state index in [9.17, 15) is 0 Å². The van der Waals surface area contributed by atoms with Gasteiger partial charge in [-0.1, -0.05) is 37.1 Å². The van der Waals surface area contributed by atoms with Crippen LogP contribution in [-0.2, 0) is 19.6 Å². The van der Waals surface area contributed by atoms with Gasteiger partial charge in [0.2, 0.25) is 0 Å². The number of anilines is 1. The van der Waals surface area contributed by atoms with Gasteiger partial charge >= 0.3 is 0 Å². The number of benzene rings is 2. The first kappa shape index (κ1) is 15.9. The van der Waals surface area contributed by atoms with Crippen LogP contribution in [0.3, 0.4) is 0 Å². The Morgan fingerprint density at radius 3 is 2.74 bits per heavy atom. The van der Waals surface area contributed by atoms with Crippen LogP contribution >= 0.6 is 11.6 Å². The SMILES string of the molecule is CCCc1ccc(NCc2ccc3oc(CO)cc3c2)cc1Cl. The van der Waals surface area contributed by atoms with E-state index in [1.165, 1.54) is 5.56 Å². The zero-order valence-electron chi connectivity index (χ0n) is 13.1. The third kappa shape index (κ3) is 3.69. The van der Waals surface area contributed by atoms with E-state index in [0.717, 1.165) is 40.1 Å². The number of nitrogens with one attached hydrogen (secondary N) is 1. The Labute approximate surface area is 140 Å². The normalized spacial score (nSPS) is 11.1. The summed E-state index contributed by atoms with van der Waals surface area (Å²) in [5, 5.41) is 14.3. The Morgan fingerprint density at radius 1 is 1.13 bits per heavy atom. The van der Waals surface area contributed by atoms with Crippen LogP contribution in [0.5, 0.6) is 0 Å². The number of aryl methyl sites for hydroxylation is 1. The molecule has 0 atom stereocenters. The molecule has 0 fully saturated rings. The minimum absolute atomic E-state index is 0.0785. The summed E-state index contributed by atoms with van der Waals surface area (Å²) in [4.78, 5) is 0. The standard InChI is InChI=1S/C19H20ClNO2/c1-2-3-14-5-6-16(10-18(14)20)21-11-13-4-7-19-15(8-13)9-17(12-22)23-19/h4-10,21-22H,2-3,11-12H2,1H3. The van der Waals surface area contributed by atoms with E-state index < -0.39 is 0 Å². The molecule has 0 unspecified atom stereocenters. The van der Waals surface area contributed by atoms with Crippen molar-refractivity contribution < 1.29 is 9.52 Å². The van der Waals surface area contributed by atoms with Crippen molar-refractivity contribution in [1.29, 1.82) is 0 Å². The van der Waals surface area contributed by atoms with Gasteiger partial charge in [-0.25, -0.2) is 0 Å². The number of aliphatic hydroxyl groups is 1. The highest BCUT2D eigenvalue weighted by Gasteiger charge is 2.05. The van der Waals surface area contributed by atoms with Crippen LogP contribution in [-0.4, -0.2) is 5.11 Å². The first-order chi connectivity index (χ1) is 11.2. The van der Waals surface area contributed by atoms with Gasteiger partial charge in [-0.05, 0) is 47.9 Å². The largest absolute Gasteiger partial charge is 0.459 e. The molecular weight excluding hydrogens is 310 g/mol. The van der Waals surface area contributed by atoms with Crippen LogP contribution in [0.1, 0.15) is 30.2 Å². The molecule has 0 amide bonds. The number of furan rings is 1. The maximum absolute atomic E-state index is 9.13. The molecule has 0 spiro atoms. The van der Waals surface area contributed by atoms with E-state index >= 15 is 0 Å². The van der Waals surface area contributed by atoms with E-state index in [4.69, 9.17) is 21.1 Å². The smallest absolute Gasteiger partial charge is 0.134 e. The molecule has 0 aliphatic carbocycles. The molecule has 0 saturated heterocycles. The quantitative estimate of drug-likeness (QED) is 0.658. The van der Waals surface area contributed by atoms with Crippen LogP contribution in [0.25, 0.3) is 11.0 Å². The monoisotopic (exact) mass is 329 g/mol. The molecule has 1 heterocycles. The molecule has 3 aromatic rings. The highest BCUT2D eigenvalue weighted by atomic mass is 35.5. The van der Waals surface area contributed by atoms with Gasteiger partial charge in [0, 0.05) is 22.6 Å². The molecule has 0 aliphatic rings. The van der Waals surface area contributed by atoms with Gasteiger partial charge in [0.05, 0.1) is 0 Å². The molecule has 0 bridgehead atoms. The van der Waals surface area contributed by atoms with Crippen molar-refractivity contribution in [1.82, 2.24) is 0 Å². The van der Waals surface area contributed by atoms with Crippen LogP contribution in [0.15, 0.2) is 46.9 Å². The lowest BCUT2D eigenvalue weighted by Gasteiger charge is -2.09. The third-order valence-electron chi connectivity index (χ3n) is 3.86. The van der Waals surface area contributed by atoms with Gasteiger partial charge in [0.25, 0.3) is 0 Å². The second-order valence-electron chi connectivity index (χ2n) is 5.65. The molecule has 23 heavy (non-hydrogen) atoms. The van der Waals surface area contributed by atoms with Crippen molar-refractivity contribution >= 4 is 28.3 Å². The predicted molar refractivity (Wildman–Crippen MR) is 94.9 cm³/mol. The van der Waals surface area contributed by atoms with Gasteiger partial charge < -0.3 is 14.8 Å². The summed E-state index contributed by atoms with van der Waals surface area (Å²) in [5.41, 5.74) is 4.15. The Bertz CT molecular complexity index is 810. The van der Waals surface area contributed by atoms with E-state index in [0.29, 0.717) is 12.3 Å². The fourth-order valence-electron chi connectivity index (χ4n) is 2.67. The number of aliphatic hydroxyl groups excluding tert-OH is 1. The summed E-state index contributed by atoms with van der Waals surface area (Å²) in [7, 11) is 0. The first-order valence-electron chi connectivity index (χ1n) is 7.84. The Hall–Kier alpha value is -1.97. The predicted octanol–water partition coefficient (Wildman–Crippen LogP) is 5.14. The minimum Gasteiger partial charge on any atom is -0.459 e. The minimum atomic E-state index is -0.0785. The van der Waals surface area contributed by atoms with Crippen LogP contribution in [0.2, 0.25) is 5.02 Å². The summed E-state index contributed by atoms with van der Waals surface area (Å²) in [6.45, 7) is 2.78. The molecule has 0 saturated carbocycles. The Balaban J connectivity index is 1.71. The van der Waals surface area contributed by atoms with Gasteiger partial charge in [0.1, 0.15) is 18.0 Å². The van der Waals surface area contributed by atoms with Crippen molar-refractivity contribution in [2.24, 2.45) is 0 Å². The van der Waals surface area contributed by atoms with Crippen molar-refractivity contribution in [3.8, 4) is 0 Å². The topological polar surface area (TPSA) is 45.4 Å². The Morgan fingerprint density at radius 2 is 2.00 bits per heavy atom. The van der Waals surface area contributed by atoms with E-state index in [-0.39, 0.29) is 6.61 Å². The second kappa shape index (κ2) is 7.07. The summed E-state index contributed by atoms with van der Waals surface area (Å²) in [6, 6.07) is 14.0. The average Bonchev–Trinajstić information content (AvgIpc) is 2.97. The highest BCUT2D eigenvalue weighted by Crippen LogP contribution is 2.24. The van der Waals surface area contributed by atoms with Gasteiger partial charge in [-0.3, -0.25) is 0 Å². The summed E-state index contributed by atoms with van der Waals surface area (Å²) >= 11 is 6.31. The van der Waals surface area contributed by atoms with Crippen molar-refractivity contribution in [3.63, 3.8) is 0 Å². The third-order valence-corrected chi connectivity index (χ3v) is 4.21. The first-order valence-corrected chi connectivity index (χ1v) is 8.22. The summed E-state index contributed by atoms with van der Waals surface area (Å²) < 4.78 is 5.50. The lowest BCUT2D eigenvalue weighted by Crippen LogP contribution is -1.99. The lowest BCUT2D eigenvalue weighted by molar-refractivity contribution is 0.251. The maximum Gasteiger partial charge on any atom is 0.134 e. The molecule has 3 nitrogen and oxygen atoms in total. The molecule has 120 valence electrons.